The van der Waals surface area contributed by atoms with Crippen molar-refractivity contribution in [3.05, 3.63) is 53.6 Å². The predicted molar refractivity (Wildman–Crippen MR) is 88.1 cm³/mol. The summed E-state index contributed by atoms with van der Waals surface area (Å²) in [5, 5.41) is 0.377. The van der Waals surface area contributed by atoms with Crippen LogP contribution in [-0.4, -0.2) is 36.9 Å². The van der Waals surface area contributed by atoms with E-state index in [9.17, 15) is 12.8 Å². The van der Waals surface area contributed by atoms with Crippen LogP contribution in [0, 0.1) is 5.82 Å². The highest BCUT2D eigenvalue weighted by Gasteiger charge is 2.31. The lowest BCUT2D eigenvalue weighted by atomic mass is 10.1. The number of hydrogen-bond donors (Lipinski definition) is 0. The van der Waals surface area contributed by atoms with Gasteiger partial charge >= 0.3 is 0 Å². The van der Waals surface area contributed by atoms with Crippen LogP contribution >= 0.6 is 11.6 Å². The Labute approximate surface area is 145 Å². The van der Waals surface area contributed by atoms with Gasteiger partial charge in [-0.15, -0.1) is 0 Å². The number of aromatic nitrogens is 1. The molecule has 0 N–H and O–H groups in total. The van der Waals surface area contributed by atoms with E-state index in [1.54, 1.807) is 12.3 Å². The van der Waals surface area contributed by atoms with E-state index in [4.69, 9.17) is 16.3 Å². The number of nitrogens with zero attached hydrogens (tertiary/aromatic N) is 2. The smallest absolute Gasteiger partial charge is 0.243 e. The number of rotatable bonds is 4. The van der Waals surface area contributed by atoms with Gasteiger partial charge in [-0.25, -0.2) is 12.8 Å². The second-order valence-corrected chi connectivity index (χ2v) is 7.85. The topological polar surface area (TPSA) is 59.5 Å². The predicted octanol–water partition coefficient (Wildman–Crippen LogP) is 3.11. The van der Waals surface area contributed by atoms with Crippen molar-refractivity contribution in [3.63, 3.8) is 0 Å². The summed E-state index contributed by atoms with van der Waals surface area (Å²) in [5.74, 6) is -0.105. The van der Waals surface area contributed by atoms with Crippen molar-refractivity contribution in [2.45, 2.75) is 23.8 Å². The molecule has 5 nitrogen and oxygen atoms in total. The molecule has 0 aliphatic carbocycles. The average Bonchev–Trinajstić information content (AvgIpc) is 2.57. The van der Waals surface area contributed by atoms with Crippen LogP contribution in [-0.2, 0) is 10.0 Å². The van der Waals surface area contributed by atoms with E-state index in [1.165, 1.54) is 28.7 Å². The molecule has 1 aromatic heterocycles. The van der Waals surface area contributed by atoms with E-state index in [-0.39, 0.29) is 17.5 Å². The first kappa shape index (κ1) is 17.1. The minimum atomic E-state index is -3.75. The molecule has 1 fully saturated rings. The van der Waals surface area contributed by atoms with Gasteiger partial charge in [0.25, 0.3) is 0 Å². The van der Waals surface area contributed by atoms with Gasteiger partial charge in [0.15, 0.2) is 0 Å². The van der Waals surface area contributed by atoms with E-state index >= 15 is 0 Å². The Hall–Kier alpha value is -1.70. The molecule has 3 rings (SSSR count). The number of ether oxygens (including phenoxy) is 1. The fourth-order valence-corrected chi connectivity index (χ4v) is 4.34. The highest BCUT2D eigenvalue weighted by Crippen LogP contribution is 2.27. The summed E-state index contributed by atoms with van der Waals surface area (Å²) in [6, 6.07) is 6.66. The van der Waals surface area contributed by atoms with Gasteiger partial charge in [0.1, 0.15) is 22.7 Å². The number of hydrogen-bond acceptors (Lipinski definition) is 4. The van der Waals surface area contributed by atoms with Crippen LogP contribution in [0.15, 0.2) is 47.6 Å². The highest BCUT2D eigenvalue weighted by molar-refractivity contribution is 7.89. The molecule has 0 amide bonds. The molecule has 0 bridgehead atoms. The molecule has 1 atom stereocenters. The fraction of sp³-hybridized carbons (Fsp3) is 0.312. The second kappa shape index (κ2) is 7.04. The van der Waals surface area contributed by atoms with Crippen LogP contribution in [0.2, 0.25) is 5.02 Å². The molecule has 1 aliphatic rings. The van der Waals surface area contributed by atoms with Gasteiger partial charge in [-0.05, 0) is 31.0 Å². The third-order valence-electron chi connectivity index (χ3n) is 3.80. The SMILES string of the molecule is O=S(=O)(c1cccc(F)c1)N1CCCC(Oc2ccncc2Cl)C1. The molecule has 1 aromatic carbocycles. The van der Waals surface area contributed by atoms with Gasteiger partial charge in [-0.1, -0.05) is 17.7 Å². The first-order valence-electron chi connectivity index (χ1n) is 7.49. The fourth-order valence-electron chi connectivity index (χ4n) is 2.63. The van der Waals surface area contributed by atoms with Crippen molar-refractivity contribution < 1.29 is 17.5 Å². The number of pyridine rings is 1. The highest BCUT2D eigenvalue weighted by atomic mass is 35.5. The Kier molecular flexibility index (Phi) is 5.03. The Balaban J connectivity index is 1.77. The normalized spacial score (nSPS) is 19.2. The lowest BCUT2D eigenvalue weighted by Gasteiger charge is -2.32. The molecule has 1 saturated heterocycles. The van der Waals surface area contributed by atoms with Crippen LogP contribution in [0.5, 0.6) is 5.75 Å². The molecule has 2 heterocycles. The number of piperidine rings is 1. The van der Waals surface area contributed by atoms with Crippen LogP contribution in [0.25, 0.3) is 0 Å². The summed E-state index contributed by atoms with van der Waals surface area (Å²) in [6.07, 6.45) is 4.09. The third kappa shape index (κ3) is 3.68. The maximum atomic E-state index is 13.3. The zero-order chi connectivity index (χ0) is 17.2. The Morgan fingerprint density at radius 1 is 1.33 bits per heavy atom. The molecule has 0 saturated carbocycles. The zero-order valence-corrected chi connectivity index (χ0v) is 14.3. The summed E-state index contributed by atoms with van der Waals surface area (Å²) in [5.41, 5.74) is 0. The molecule has 24 heavy (non-hydrogen) atoms. The Morgan fingerprint density at radius 2 is 2.17 bits per heavy atom. The molecule has 128 valence electrons. The van der Waals surface area contributed by atoms with Crippen molar-refractivity contribution in [2.75, 3.05) is 13.1 Å². The standard InChI is InChI=1S/C16H16ClFN2O3S/c17-15-10-19-7-6-16(15)23-13-4-2-8-20(11-13)24(21,22)14-5-1-3-12(18)9-14/h1,3,5-7,9-10,13H,2,4,8,11H2. The van der Waals surface area contributed by atoms with Crippen molar-refractivity contribution in [1.82, 2.24) is 9.29 Å². The zero-order valence-electron chi connectivity index (χ0n) is 12.7. The molecule has 1 unspecified atom stereocenters. The van der Waals surface area contributed by atoms with Crippen LogP contribution in [0.3, 0.4) is 0 Å². The quantitative estimate of drug-likeness (QED) is 0.829. The summed E-state index contributed by atoms with van der Waals surface area (Å²) >= 11 is 6.02. The van der Waals surface area contributed by atoms with E-state index in [2.05, 4.69) is 4.98 Å². The second-order valence-electron chi connectivity index (χ2n) is 5.51. The van der Waals surface area contributed by atoms with Gasteiger partial charge in [-0.2, -0.15) is 4.31 Å². The Morgan fingerprint density at radius 3 is 2.92 bits per heavy atom. The van der Waals surface area contributed by atoms with Gasteiger partial charge in [-0.3, -0.25) is 4.98 Å². The first-order chi connectivity index (χ1) is 11.5. The maximum absolute atomic E-state index is 13.3. The summed E-state index contributed by atoms with van der Waals surface area (Å²) in [4.78, 5) is 3.84. The number of halogens is 2. The van der Waals surface area contributed by atoms with E-state index in [1.807, 2.05) is 0 Å². The molecular weight excluding hydrogens is 355 g/mol. The molecular formula is C16H16ClFN2O3S. The van der Waals surface area contributed by atoms with Crippen LogP contribution in [0.1, 0.15) is 12.8 Å². The van der Waals surface area contributed by atoms with Gasteiger partial charge in [0.2, 0.25) is 10.0 Å². The van der Waals surface area contributed by atoms with Crippen LogP contribution < -0.4 is 4.74 Å². The van der Waals surface area contributed by atoms with Crippen molar-refractivity contribution in [3.8, 4) is 5.75 Å². The first-order valence-corrected chi connectivity index (χ1v) is 9.30. The lowest BCUT2D eigenvalue weighted by molar-refractivity contribution is 0.130. The van der Waals surface area contributed by atoms with Gasteiger partial charge in [0.05, 0.1) is 11.4 Å². The summed E-state index contributed by atoms with van der Waals surface area (Å²) < 4.78 is 45.8. The van der Waals surface area contributed by atoms with E-state index in [0.717, 1.165) is 6.07 Å². The molecule has 1 aliphatic heterocycles. The summed E-state index contributed by atoms with van der Waals surface area (Å²) in [6.45, 7) is 0.570. The molecule has 0 radical (unpaired) electrons. The maximum Gasteiger partial charge on any atom is 0.243 e. The van der Waals surface area contributed by atoms with Gasteiger partial charge in [0, 0.05) is 25.0 Å². The van der Waals surface area contributed by atoms with E-state index < -0.39 is 15.8 Å². The summed E-state index contributed by atoms with van der Waals surface area (Å²) in [7, 11) is -3.75. The molecule has 2 aromatic rings. The van der Waals surface area contributed by atoms with Crippen LogP contribution in [0.4, 0.5) is 4.39 Å². The minimum Gasteiger partial charge on any atom is -0.487 e. The number of sulfonamides is 1. The molecule has 0 spiro atoms. The number of benzene rings is 1. The van der Waals surface area contributed by atoms with Crippen molar-refractivity contribution in [2.24, 2.45) is 0 Å². The van der Waals surface area contributed by atoms with E-state index in [0.29, 0.717) is 30.2 Å². The Bertz CT molecular complexity index is 832. The third-order valence-corrected chi connectivity index (χ3v) is 5.95. The van der Waals surface area contributed by atoms with Crippen molar-refractivity contribution in [1.29, 1.82) is 0 Å². The monoisotopic (exact) mass is 370 g/mol. The van der Waals surface area contributed by atoms with Crippen molar-refractivity contribution >= 4 is 21.6 Å². The average molecular weight is 371 g/mol. The molecule has 8 heteroatoms. The van der Waals surface area contributed by atoms with Gasteiger partial charge < -0.3 is 4.74 Å². The largest absolute Gasteiger partial charge is 0.487 e. The lowest BCUT2D eigenvalue weighted by Crippen LogP contribution is -2.44. The minimum absolute atomic E-state index is 0.0508.